The standard InChI is InChI=1S/C48H79N7O12/c1-28(2)20-33(48(67)53-30(5)40(59)14-17-46(65)55-19-9-11-39(55)43(62)23-32(31(6)56)10-7-8-18-49)22-35(57)27-52-47(66)34(21-29(3)4)24-42(61)37(12-15-44(50)63)54-45(64)16-13-41(60)38-25-36(58)26-51-38/h28-30,32-34,36-39,51,58H,7-27,49H2,1-6H3,(H2,50,63)(H,52,66)(H,53,67)(H,54,64)/t30-,32+,33+,34+,36+,37-,38-,39-/m0/s1. The van der Waals surface area contributed by atoms with E-state index in [4.69, 9.17) is 11.5 Å². The van der Waals surface area contributed by atoms with Crippen LogP contribution in [0.2, 0.25) is 0 Å². The van der Waals surface area contributed by atoms with Gasteiger partial charge in [-0.2, -0.15) is 0 Å². The molecule has 19 heteroatoms. The molecule has 2 fully saturated rings. The number of hydrogen-bond donors (Lipinski definition) is 7. The predicted octanol–water partition coefficient (Wildman–Crippen LogP) is 1.31. The largest absolute Gasteiger partial charge is 0.392 e. The van der Waals surface area contributed by atoms with E-state index >= 15 is 0 Å². The summed E-state index contributed by atoms with van der Waals surface area (Å²) in [5.74, 6) is -6.94. The maximum absolute atomic E-state index is 13.6. The van der Waals surface area contributed by atoms with Crippen LogP contribution in [0.15, 0.2) is 0 Å². The maximum atomic E-state index is 13.6. The highest BCUT2D eigenvalue weighted by Gasteiger charge is 2.36. The summed E-state index contributed by atoms with van der Waals surface area (Å²) in [6.07, 6.45) is 1.68. The minimum Gasteiger partial charge on any atom is -0.392 e. The Bertz CT molecular complexity index is 1750. The highest BCUT2D eigenvalue weighted by Crippen LogP contribution is 2.25. The molecule has 0 aromatic heterocycles. The summed E-state index contributed by atoms with van der Waals surface area (Å²) in [5, 5.41) is 20.5. The molecule has 5 amide bonds. The van der Waals surface area contributed by atoms with Gasteiger partial charge >= 0.3 is 0 Å². The van der Waals surface area contributed by atoms with Crippen molar-refractivity contribution in [2.45, 2.75) is 181 Å². The first-order chi connectivity index (χ1) is 31.5. The molecule has 67 heavy (non-hydrogen) atoms. The molecule has 0 saturated carbocycles. The van der Waals surface area contributed by atoms with Crippen molar-refractivity contribution in [2.75, 3.05) is 26.2 Å². The molecule has 0 bridgehead atoms. The molecule has 0 aliphatic carbocycles. The van der Waals surface area contributed by atoms with Crippen LogP contribution in [0.1, 0.15) is 151 Å². The SMILES string of the molecule is CC(=O)[C@H](CCCCN)CC(=O)[C@@H]1CCCN1C(=O)CCC(=O)[C@H](C)NC(=O)[C@@H](CC(=O)CNC(=O)[C@@H](CC(=O)[C@H](CCC(N)=O)NC(=O)CCC(=O)[C@@H]1C[C@@H](O)CN1)CC(C)C)CC(C)C. The minimum absolute atomic E-state index is 0.0159. The van der Waals surface area contributed by atoms with Crippen molar-refractivity contribution in [3.05, 3.63) is 0 Å². The molecule has 2 aliphatic heterocycles. The second-order valence-electron chi connectivity index (χ2n) is 19.4. The first-order valence-corrected chi connectivity index (χ1v) is 24.2. The van der Waals surface area contributed by atoms with Gasteiger partial charge in [-0.05, 0) is 83.6 Å². The number of aliphatic hydroxyl groups is 1. The average Bonchev–Trinajstić information content (AvgIpc) is 3.93. The van der Waals surface area contributed by atoms with Crippen molar-refractivity contribution >= 4 is 64.2 Å². The highest BCUT2D eigenvalue weighted by atomic mass is 16.3. The summed E-state index contributed by atoms with van der Waals surface area (Å²) in [4.78, 5) is 144. The zero-order chi connectivity index (χ0) is 50.4. The van der Waals surface area contributed by atoms with Gasteiger partial charge in [-0.3, -0.25) is 52.7 Å². The molecule has 0 aromatic rings. The molecule has 2 rings (SSSR count). The number of carbonyl (C=O) groups is 11. The Morgan fingerprint density at radius 2 is 1.39 bits per heavy atom. The van der Waals surface area contributed by atoms with Crippen molar-refractivity contribution in [3.8, 4) is 0 Å². The van der Waals surface area contributed by atoms with Crippen LogP contribution in [-0.2, 0) is 52.7 Å². The molecule has 19 nitrogen and oxygen atoms in total. The van der Waals surface area contributed by atoms with E-state index in [1.54, 1.807) is 0 Å². The molecule has 9 N–H and O–H groups in total. The third-order valence-corrected chi connectivity index (χ3v) is 12.5. The van der Waals surface area contributed by atoms with Crippen molar-refractivity contribution in [1.82, 2.24) is 26.2 Å². The van der Waals surface area contributed by atoms with Gasteiger partial charge in [0.15, 0.2) is 23.1 Å². The van der Waals surface area contributed by atoms with E-state index in [0.29, 0.717) is 38.8 Å². The van der Waals surface area contributed by atoms with Gasteiger partial charge in [0.1, 0.15) is 11.6 Å². The number of carbonyl (C=O) groups excluding carboxylic acids is 11. The Morgan fingerprint density at radius 1 is 0.731 bits per heavy atom. The summed E-state index contributed by atoms with van der Waals surface area (Å²) >= 11 is 0. The second-order valence-corrected chi connectivity index (χ2v) is 19.4. The van der Waals surface area contributed by atoms with E-state index in [-0.39, 0.29) is 112 Å². The molecule has 0 unspecified atom stereocenters. The number of primary amides is 1. The Labute approximate surface area is 395 Å². The van der Waals surface area contributed by atoms with Gasteiger partial charge in [0.25, 0.3) is 0 Å². The molecule has 0 radical (unpaired) electrons. The lowest BCUT2D eigenvalue weighted by Gasteiger charge is -2.25. The molecule has 8 atom stereocenters. The zero-order valence-corrected chi connectivity index (χ0v) is 40.7. The molecule has 378 valence electrons. The molecule has 0 aromatic carbocycles. The summed E-state index contributed by atoms with van der Waals surface area (Å²) in [6.45, 7) is 11.1. The van der Waals surface area contributed by atoms with E-state index < -0.39 is 95.5 Å². The number of rotatable bonds is 34. The van der Waals surface area contributed by atoms with Gasteiger partial charge in [-0.25, -0.2) is 0 Å². The van der Waals surface area contributed by atoms with Crippen LogP contribution in [0.5, 0.6) is 0 Å². The molecule has 2 aliphatic rings. The first kappa shape index (κ1) is 58.4. The molecule has 2 heterocycles. The average molecular weight is 946 g/mol. The lowest BCUT2D eigenvalue weighted by atomic mass is 9.88. The number of β-amino-alcohol motifs (C(OH)–C–C–N with tert-alkyl or cyclic N) is 1. The van der Waals surface area contributed by atoms with E-state index in [1.165, 1.54) is 18.7 Å². The van der Waals surface area contributed by atoms with Crippen LogP contribution >= 0.6 is 0 Å². The van der Waals surface area contributed by atoms with Gasteiger partial charge in [0, 0.05) is 82.2 Å². The fourth-order valence-corrected chi connectivity index (χ4v) is 8.77. The number of unbranched alkanes of at least 4 members (excludes halogenated alkanes) is 1. The van der Waals surface area contributed by atoms with Gasteiger partial charge in [-0.1, -0.05) is 34.1 Å². The highest BCUT2D eigenvalue weighted by molar-refractivity contribution is 5.97. The van der Waals surface area contributed by atoms with Crippen molar-refractivity contribution in [3.63, 3.8) is 0 Å². The lowest BCUT2D eigenvalue weighted by Crippen LogP contribution is -2.45. The summed E-state index contributed by atoms with van der Waals surface area (Å²) in [5.41, 5.74) is 10.9. The normalized spacial score (nSPS) is 19.3. The van der Waals surface area contributed by atoms with Crippen LogP contribution in [0, 0.1) is 29.6 Å². The molecular weight excluding hydrogens is 867 g/mol. The maximum Gasteiger partial charge on any atom is 0.224 e. The van der Waals surface area contributed by atoms with Crippen LogP contribution in [-0.4, -0.2) is 131 Å². The first-order valence-electron chi connectivity index (χ1n) is 24.2. The van der Waals surface area contributed by atoms with Crippen LogP contribution in [0.3, 0.4) is 0 Å². The van der Waals surface area contributed by atoms with Gasteiger partial charge < -0.3 is 42.7 Å². The summed E-state index contributed by atoms with van der Waals surface area (Å²) < 4.78 is 0. The van der Waals surface area contributed by atoms with Crippen molar-refractivity contribution in [2.24, 2.45) is 41.1 Å². The number of nitrogens with one attached hydrogen (secondary N) is 4. The molecule has 2 saturated heterocycles. The van der Waals surface area contributed by atoms with Crippen LogP contribution in [0.4, 0.5) is 0 Å². The predicted molar refractivity (Wildman–Crippen MR) is 248 cm³/mol. The monoisotopic (exact) mass is 946 g/mol. The van der Waals surface area contributed by atoms with Crippen molar-refractivity contribution < 1.29 is 57.8 Å². The Hall–Kier alpha value is -4.75. The minimum atomic E-state index is -1.17. The van der Waals surface area contributed by atoms with Crippen molar-refractivity contribution in [1.29, 1.82) is 0 Å². The number of aliphatic hydroxyl groups excluding tert-OH is 1. The van der Waals surface area contributed by atoms with Gasteiger partial charge in [0.05, 0.1) is 36.8 Å². The van der Waals surface area contributed by atoms with E-state index in [2.05, 4.69) is 21.3 Å². The molecular formula is C48H79N7O12. The van der Waals surface area contributed by atoms with Crippen LogP contribution in [0.25, 0.3) is 0 Å². The van der Waals surface area contributed by atoms with E-state index in [0.717, 1.165) is 12.8 Å². The Balaban J connectivity index is 1.98. The molecule has 0 spiro atoms. The van der Waals surface area contributed by atoms with Crippen LogP contribution < -0.4 is 32.7 Å². The number of ketones is 6. The third kappa shape index (κ3) is 21.8. The van der Waals surface area contributed by atoms with E-state index in [9.17, 15) is 57.8 Å². The smallest absolute Gasteiger partial charge is 0.224 e. The third-order valence-electron chi connectivity index (χ3n) is 12.5. The quantitative estimate of drug-likeness (QED) is 0.0448. The second kappa shape index (κ2) is 29.9. The topological polar surface area (TPSA) is 311 Å². The zero-order valence-electron chi connectivity index (χ0n) is 40.7. The number of Topliss-reactive ketones (excluding diaryl/α,β-unsaturated/α-hetero) is 6. The summed E-state index contributed by atoms with van der Waals surface area (Å²) in [7, 11) is 0. The fraction of sp³-hybridized carbons (Fsp3) is 0.771. The number of nitrogens with zero attached hydrogens (tertiary/aromatic N) is 1. The number of likely N-dealkylation sites (tertiary alicyclic amines) is 1. The number of nitrogens with two attached hydrogens (primary N) is 2. The fourth-order valence-electron chi connectivity index (χ4n) is 8.77. The number of hydrogen-bond acceptors (Lipinski definition) is 14. The Morgan fingerprint density at radius 3 is 1.97 bits per heavy atom. The lowest BCUT2D eigenvalue weighted by molar-refractivity contribution is -0.139. The summed E-state index contributed by atoms with van der Waals surface area (Å²) in [6, 6.07) is -3.38. The Kier molecular flexibility index (Phi) is 26.0. The van der Waals surface area contributed by atoms with Gasteiger partial charge in [-0.15, -0.1) is 0 Å². The van der Waals surface area contributed by atoms with Gasteiger partial charge in [0.2, 0.25) is 29.5 Å². The number of amides is 5. The van der Waals surface area contributed by atoms with E-state index in [1.807, 2.05) is 27.7 Å².